The maximum atomic E-state index is 9.58. The van der Waals surface area contributed by atoms with Gasteiger partial charge in [0.15, 0.2) is 0 Å². The molecule has 0 radical (unpaired) electrons. The van der Waals surface area contributed by atoms with E-state index < -0.39 is 0 Å². The predicted molar refractivity (Wildman–Crippen MR) is 55.7 cm³/mol. The number of nitrogens with zero attached hydrogens (tertiary/aromatic N) is 1. The first-order valence-electron chi connectivity index (χ1n) is 5.57. The first-order chi connectivity index (χ1) is 6.15. The highest BCUT2D eigenvalue weighted by Crippen LogP contribution is 2.24. The average Bonchev–Trinajstić information content (AvgIpc) is 2.43. The predicted octanol–water partition coefficient (Wildman–Crippen LogP) is 1.88. The summed E-state index contributed by atoms with van der Waals surface area (Å²) in [7, 11) is 0. The fraction of sp³-hybridized carbons (Fsp3) is 1.00. The van der Waals surface area contributed by atoms with Gasteiger partial charge in [-0.2, -0.15) is 0 Å². The highest BCUT2D eigenvalue weighted by Gasteiger charge is 2.31. The summed E-state index contributed by atoms with van der Waals surface area (Å²) in [4.78, 5) is 2.46. The van der Waals surface area contributed by atoms with Crippen molar-refractivity contribution in [3.63, 3.8) is 0 Å². The van der Waals surface area contributed by atoms with Crippen LogP contribution in [0.25, 0.3) is 0 Å². The Morgan fingerprint density at radius 1 is 1.46 bits per heavy atom. The van der Waals surface area contributed by atoms with E-state index in [2.05, 4.69) is 25.7 Å². The summed E-state index contributed by atoms with van der Waals surface area (Å²) in [5.41, 5.74) is 0. The van der Waals surface area contributed by atoms with Gasteiger partial charge in [-0.25, -0.2) is 0 Å². The third-order valence-electron chi connectivity index (χ3n) is 3.00. The molecule has 0 unspecified atom stereocenters. The van der Waals surface area contributed by atoms with Gasteiger partial charge >= 0.3 is 0 Å². The molecule has 0 aromatic carbocycles. The van der Waals surface area contributed by atoms with Crippen molar-refractivity contribution in [2.75, 3.05) is 13.1 Å². The van der Waals surface area contributed by atoms with E-state index in [0.29, 0.717) is 12.0 Å². The molecule has 0 aliphatic carbocycles. The summed E-state index contributed by atoms with van der Waals surface area (Å²) < 4.78 is 0. The number of likely N-dealkylation sites (tertiary alicyclic amines) is 1. The van der Waals surface area contributed by atoms with Gasteiger partial charge in [0.2, 0.25) is 0 Å². The van der Waals surface area contributed by atoms with Crippen molar-refractivity contribution in [3.05, 3.63) is 0 Å². The molecule has 0 spiro atoms. The first-order valence-corrected chi connectivity index (χ1v) is 5.57. The molecule has 1 fully saturated rings. The third kappa shape index (κ3) is 2.96. The summed E-state index contributed by atoms with van der Waals surface area (Å²) in [6.07, 6.45) is 3.40. The normalized spacial score (nSPS) is 30.2. The molecule has 1 aliphatic heterocycles. The molecule has 0 bridgehead atoms. The van der Waals surface area contributed by atoms with Crippen LogP contribution in [0.1, 0.15) is 40.0 Å². The molecular formula is C11H23NO. The van der Waals surface area contributed by atoms with Gasteiger partial charge in [0.1, 0.15) is 0 Å². The molecule has 78 valence electrons. The first kappa shape index (κ1) is 11.0. The van der Waals surface area contributed by atoms with E-state index in [1.807, 2.05) is 0 Å². The number of aliphatic hydroxyl groups excluding tert-OH is 1. The second kappa shape index (κ2) is 4.97. The van der Waals surface area contributed by atoms with E-state index in [4.69, 9.17) is 0 Å². The Morgan fingerprint density at radius 2 is 2.15 bits per heavy atom. The van der Waals surface area contributed by atoms with Crippen LogP contribution in [0.5, 0.6) is 0 Å². The lowest BCUT2D eigenvalue weighted by molar-refractivity contribution is 0.171. The number of hydrogen-bond acceptors (Lipinski definition) is 2. The van der Waals surface area contributed by atoms with Gasteiger partial charge in [-0.15, -0.1) is 0 Å². The molecule has 0 aromatic heterocycles. The van der Waals surface area contributed by atoms with Crippen LogP contribution in [0.3, 0.4) is 0 Å². The minimum Gasteiger partial charge on any atom is -0.392 e. The second-order valence-corrected chi connectivity index (χ2v) is 4.55. The Kier molecular flexibility index (Phi) is 4.20. The van der Waals surface area contributed by atoms with Crippen LogP contribution in [0.2, 0.25) is 0 Å². The van der Waals surface area contributed by atoms with E-state index >= 15 is 0 Å². The minimum absolute atomic E-state index is 0.0794. The summed E-state index contributed by atoms with van der Waals surface area (Å²) in [5.74, 6) is 0.675. The van der Waals surface area contributed by atoms with E-state index in [1.54, 1.807) is 0 Å². The highest BCUT2D eigenvalue weighted by molar-refractivity contribution is 4.86. The van der Waals surface area contributed by atoms with Crippen LogP contribution in [-0.2, 0) is 0 Å². The number of β-amino-alcohol motifs (C(OH)–C–C–N with tert-alkyl or cyclic N) is 1. The van der Waals surface area contributed by atoms with Crippen LogP contribution < -0.4 is 0 Å². The SMILES string of the molecule is CCCCN1C[C@H](O)C[C@H]1C(C)C. The Labute approximate surface area is 81.9 Å². The zero-order valence-electron chi connectivity index (χ0n) is 9.16. The van der Waals surface area contributed by atoms with Gasteiger partial charge in [-0.3, -0.25) is 4.90 Å². The van der Waals surface area contributed by atoms with Crippen molar-refractivity contribution in [2.45, 2.75) is 52.2 Å². The Balaban J connectivity index is 2.41. The van der Waals surface area contributed by atoms with Crippen molar-refractivity contribution in [2.24, 2.45) is 5.92 Å². The Bertz CT molecular complexity index is 147. The van der Waals surface area contributed by atoms with Gasteiger partial charge in [-0.05, 0) is 25.3 Å². The molecule has 0 amide bonds. The smallest absolute Gasteiger partial charge is 0.0682 e. The van der Waals surface area contributed by atoms with E-state index in [0.717, 1.165) is 19.5 Å². The average molecular weight is 185 g/mol. The van der Waals surface area contributed by atoms with Gasteiger partial charge in [-0.1, -0.05) is 27.2 Å². The van der Waals surface area contributed by atoms with Crippen LogP contribution >= 0.6 is 0 Å². The molecule has 0 aromatic rings. The summed E-state index contributed by atoms with van der Waals surface area (Å²) in [5, 5.41) is 9.58. The van der Waals surface area contributed by atoms with E-state index in [-0.39, 0.29) is 6.10 Å². The zero-order chi connectivity index (χ0) is 9.84. The van der Waals surface area contributed by atoms with Gasteiger partial charge in [0.05, 0.1) is 6.10 Å². The Morgan fingerprint density at radius 3 is 2.69 bits per heavy atom. The van der Waals surface area contributed by atoms with Crippen LogP contribution in [0.15, 0.2) is 0 Å². The maximum Gasteiger partial charge on any atom is 0.0682 e. The largest absolute Gasteiger partial charge is 0.392 e. The molecule has 1 aliphatic rings. The second-order valence-electron chi connectivity index (χ2n) is 4.55. The lowest BCUT2D eigenvalue weighted by Gasteiger charge is -2.26. The molecule has 1 saturated heterocycles. The molecule has 1 N–H and O–H groups in total. The highest BCUT2D eigenvalue weighted by atomic mass is 16.3. The fourth-order valence-corrected chi connectivity index (χ4v) is 2.22. The molecule has 0 saturated carbocycles. The summed E-state index contributed by atoms with van der Waals surface area (Å²) >= 11 is 0. The topological polar surface area (TPSA) is 23.5 Å². The minimum atomic E-state index is -0.0794. The lowest BCUT2D eigenvalue weighted by atomic mass is 10.0. The Hall–Kier alpha value is -0.0800. The van der Waals surface area contributed by atoms with Crippen LogP contribution in [0.4, 0.5) is 0 Å². The summed E-state index contributed by atoms with van der Waals surface area (Å²) in [6.45, 7) is 8.78. The van der Waals surface area contributed by atoms with Crippen molar-refractivity contribution in [3.8, 4) is 0 Å². The molecule has 1 rings (SSSR count). The van der Waals surface area contributed by atoms with Crippen molar-refractivity contribution >= 4 is 0 Å². The molecule has 2 atom stereocenters. The fourth-order valence-electron chi connectivity index (χ4n) is 2.22. The number of aliphatic hydroxyl groups is 1. The standard InChI is InChI=1S/C11H23NO/c1-4-5-6-12-8-10(13)7-11(12)9(2)3/h9-11,13H,4-8H2,1-3H3/t10-,11+/m1/s1. The number of rotatable bonds is 4. The van der Waals surface area contributed by atoms with Gasteiger partial charge in [0.25, 0.3) is 0 Å². The number of hydrogen-bond donors (Lipinski definition) is 1. The van der Waals surface area contributed by atoms with Crippen LogP contribution in [0, 0.1) is 5.92 Å². The quantitative estimate of drug-likeness (QED) is 0.723. The van der Waals surface area contributed by atoms with E-state index in [9.17, 15) is 5.11 Å². The molecule has 2 heteroatoms. The van der Waals surface area contributed by atoms with Crippen molar-refractivity contribution in [1.29, 1.82) is 0 Å². The van der Waals surface area contributed by atoms with E-state index in [1.165, 1.54) is 12.8 Å². The van der Waals surface area contributed by atoms with Gasteiger partial charge in [0, 0.05) is 12.6 Å². The van der Waals surface area contributed by atoms with Crippen LogP contribution in [-0.4, -0.2) is 35.2 Å². The molecule has 1 heterocycles. The van der Waals surface area contributed by atoms with Crippen molar-refractivity contribution in [1.82, 2.24) is 4.90 Å². The molecule has 2 nitrogen and oxygen atoms in total. The van der Waals surface area contributed by atoms with Crippen molar-refractivity contribution < 1.29 is 5.11 Å². The zero-order valence-corrected chi connectivity index (χ0v) is 9.16. The molecular weight excluding hydrogens is 162 g/mol. The molecule has 13 heavy (non-hydrogen) atoms. The summed E-state index contributed by atoms with van der Waals surface area (Å²) in [6, 6.07) is 0.613. The van der Waals surface area contributed by atoms with Gasteiger partial charge < -0.3 is 5.11 Å². The number of unbranched alkanes of at least 4 members (excludes halogenated alkanes) is 1. The lowest BCUT2D eigenvalue weighted by Crippen LogP contribution is -2.34. The monoisotopic (exact) mass is 185 g/mol. The third-order valence-corrected chi connectivity index (χ3v) is 3.00. The maximum absolute atomic E-state index is 9.58.